The largest absolute Gasteiger partial charge is 0.385 e. The highest BCUT2D eigenvalue weighted by Crippen LogP contribution is 1.90. The number of methoxy groups -OCH3 is 1. The maximum Gasteiger partial charge on any atom is 0.0590 e. The molecule has 0 aliphatic heterocycles. The highest BCUT2D eigenvalue weighted by molar-refractivity contribution is 4.47. The maximum atomic E-state index is 5.40. The Kier molecular flexibility index (Phi) is 12.8. The summed E-state index contributed by atoms with van der Waals surface area (Å²) >= 11 is 0. The Morgan fingerprint density at radius 3 is 2.50 bits per heavy atom. The van der Waals surface area contributed by atoms with E-state index < -0.39 is 0 Å². The van der Waals surface area contributed by atoms with E-state index in [2.05, 4.69) is 12.2 Å². The van der Waals surface area contributed by atoms with Crippen molar-refractivity contribution in [3.63, 3.8) is 0 Å². The van der Waals surface area contributed by atoms with E-state index >= 15 is 0 Å². The van der Waals surface area contributed by atoms with Crippen molar-refractivity contribution in [2.75, 3.05) is 40.0 Å². The van der Waals surface area contributed by atoms with E-state index in [0.29, 0.717) is 0 Å². The number of rotatable bonds is 11. The molecule has 0 fully saturated rings. The topological polar surface area (TPSA) is 30.5 Å². The summed E-state index contributed by atoms with van der Waals surface area (Å²) < 4.78 is 10.3. The van der Waals surface area contributed by atoms with Crippen LogP contribution in [0.2, 0.25) is 0 Å². The summed E-state index contributed by atoms with van der Waals surface area (Å²) in [6.07, 6.45) is 4.88. The quantitative estimate of drug-likeness (QED) is 0.520. The van der Waals surface area contributed by atoms with Gasteiger partial charge in [0.1, 0.15) is 0 Å². The van der Waals surface area contributed by atoms with Crippen LogP contribution in [0, 0.1) is 0 Å². The first-order valence-electron chi connectivity index (χ1n) is 5.69. The molecule has 0 radical (unpaired) electrons. The molecule has 0 bridgehead atoms. The third-order valence-electron chi connectivity index (χ3n) is 2.02. The predicted molar refractivity (Wildman–Crippen MR) is 59.7 cm³/mol. The van der Waals surface area contributed by atoms with Crippen LogP contribution in [0.5, 0.6) is 0 Å². The van der Waals surface area contributed by atoms with Crippen molar-refractivity contribution >= 4 is 0 Å². The summed E-state index contributed by atoms with van der Waals surface area (Å²) in [6.45, 7) is 6.73. The van der Waals surface area contributed by atoms with Crippen LogP contribution < -0.4 is 5.32 Å². The molecule has 1 N–H and O–H groups in total. The van der Waals surface area contributed by atoms with Gasteiger partial charge in [0.25, 0.3) is 0 Å². The zero-order chi connectivity index (χ0) is 10.5. The van der Waals surface area contributed by atoms with Crippen LogP contribution in [-0.4, -0.2) is 40.0 Å². The third-order valence-corrected chi connectivity index (χ3v) is 2.02. The van der Waals surface area contributed by atoms with Crippen molar-refractivity contribution < 1.29 is 9.47 Å². The number of hydrogen-bond acceptors (Lipinski definition) is 3. The van der Waals surface area contributed by atoms with Gasteiger partial charge in [-0.15, -0.1) is 0 Å². The van der Waals surface area contributed by atoms with Gasteiger partial charge in [-0.25, -0.2) is 0 Å². The fraction of sp³-hybridized carbons (Fsp3) is 1.00. The minimum Gasteiger partial charge on any atom is -0.385 e. The van der Waals surface area contributed by atoms with Crippen LogP contribution in [0.15, 0.2) is 0 Å². The van der Waals surface area contributed by atoms with Crippen molar-refractivity contribution in [2.24, 2.45) is 0 Å². The van der Waals surface area contributed by atoms with Crippen molar-refractivity contribution in [3.05, 3.63) is 0 Å². The molecular formula is C11H25NO2. The summed E-state index contributed by atoms with van der Waals surface area (Å²) in [4.78, 5) is 0. The van der Waals surface area contributed by atoms with Crippen LogP contribution >= 0.6 is 0 Å². The zero-order valence-electron chi connectivity index (χ0n) is 9.68. The molecule has 0 amide bonds. The Morgan fingerprint density at radius 1 is 0.929 bits per heavy atom. The lowest BCUT2D eigenvalue weighted by Crippen LogP contribution is -2.21. The van der Waals surface area contributed by atoms with E-state index in [0.717, 1.165) is 39.3 Å². The molecule has 0 unspecified atom stereocenters. The molecular weight excluding hydrogens is 178 g/mol. The summed E-state index contributed by atoms with van der Waals surface area (Å²) in [6, 6.07) is 0. The van der Waals surface area contributed by atoms with E-state index in [1.54, 1.807) is 7.11 Å². The normalized spacial score (nSPS) is 10.7. The van der Waals surface area contributed by atoms with Gasteiger partial charge in [-0.1, -0.05) is 19.8 Å². The van der Waals surface area contributed by atoms with E-state index in [1.165, 1.54) is 19.3 Å². The number of unbranched alkanes of at least 4 members (excludes halogenated alkanes) is 2. The minimum absolute atomic E-state index is 0.796. The van der Waals surface area contributed by atoms with Gasteiger partial charge < -0.3 is 14.8 Å². The van der Waals surface area contributed by atoms with Crippen LogP contribution in [0.1, 0.15) is 32.6 Å². The van der Waals surface area contributed by atoms with Gasteiger partial charge >= 0.3 is 0 Å². The van der Waals surface area contributed by atoms with Gasteiger partial charge in [-0.05, 0) is 19.4 Å². The molecule has 0 aromatic heterocycles. The monoisotopic (exact) mass is 203 g/mol. The number of hydrogen-bond donors (Lipinski definition) is 1. The standard InChI is InChI=1S/C11H25NO2/c1-3-4-5-7-12-8-11-14-10-6-9-13-2/h12H,3-11H2,1-2H3. The molecule has 3 nitrogen and oxygen atoms in total. The lowest BCUT2D eigenvalue weighted by molar-refractivity contribution is 0.104. The van der Waals surface area contributed by atoms with E-state index in [1.807, 2.05) is 0 Å². The first kappa shape index (κ1) is 13.9. The van der Waals surface area contributed by atoms with Gasteiger partial charge in [-0.2, -0.15) is 0 Å². The molecule has 3 heteroatoms. The molecule has 0 saturated carbocycles. The summed E-state index contributed by atoms with van der Waals surface area (Å²) in [7, 11) is 1.72. The third kappa shape index (κ3) is 11.9. The highest BCUT2D eigenvalue weighted by Gasteiger charge is 1.89. The fourth-order valence-electron chi connectivity index (χ4n) is 1.18. The van der Waals surface area contributed by atoms with Crippen molar-refractivity contribution in [1.82, 2.24) is 5.32 Å². The average molecular weight is 203 g/mol. The van der Waals surface area contributed by atoms with Crippen molar-refractivity contribution in [2.45, 2.75) is 32.6 Å². The SMILES string of the molecule is CCCCCNCCOCCCOC. The van der Waals surface area contributed by atoms with Crippen LogP contribution in [0.25, 0.3) is 0 Å². The summed E-state index contributed by atoms with van der Waals surface area (Å²) in [5.74, 6) is 0. The molecule has 0 spiro atoms. The van der Waals surface area contributed by atoms with Crippen LogP contribution in [0.4, 0.5) is 0 Å². The van der Waals surface area contributed by atoms with E-state index in [-0.39, 0.29) is 0 Å². The lowest BCUT2D eigenvalue weighted by Gasteiger charge is -2.05. The highest BCUT2D eigenvalue weighted by atomic mass is 16.5. The van der Waals surface area contributed by atoms with Crippen LogP contribution in [-0.2, 0) is 9.47 Å². The van der Waals surface area contributed by atoms with Gasteiger partial charge in [-0.3, -0.25) is 0 Å². The minimum atomic E-state index is 0.796. The predicted octanol–water partition coefficient (Wildman–Crippen LogP) is 1.82. The Labute approximate surface area is 88.2 Å². The van der Waals surface area contributed by atoms with Gasteiger partial charge in [0.2, 0.25) is 0 Å². The molecule has 0 aromatic carbocycles. The fourth-order valence-corrected chi connectivity index (χ4v) is 1.18. The second-order valence-corrected chi connectivity index (χ2v) is 3.42. The van der Waals surface area contributed by atoms with E-state index in [4.69, 9.17) is 9.47 Å². The smallest absolute Gasteiger partial charge is 0.0590 e. The molecule has 0 rings (SSSR count). The molecule has 0 heterocycles. The maximum absolute atomic E-state index is 5.40. The molecule has 0 aromatic rings. The molecule has 14 heavy (non-hydrogen) atoms. The molecule has 0 aliphatic carbocycles. The summed E-state index contributed by atoms with van der Waals surface area (Å²) in [5.41, 5.74) is 0. The lowest BCUT2D eigenvalue weighted by atomic mass is 10.2. The van der Waals surface area contributed by atoms with Gasteiger partial charge in [0.05, 0.1) is 6.61 Å². The Bertz CT molecular complexity index is 87.3. The Hall–Kier alpha value is -0.120. The average Bonchev–Trinajstić information content (AvgIpc) is 2.21. The first-order chi connectivity index (χ1) is 6.91. The second-order valence-electron chi connectivity index (χ2n) is 3.42. The van der Waals surface area contributed by atoms with Gasteiger partial charge in [0.15, 0.2) is 0 Å². The van der Waals surface area contributed by atoms with Crippen molar-refractivity contribution in [1.29, 1.82) is 0 Å². The van der Waals surface area contributed by atoms with Crippen molar-refractivity contribution in [3.8, 4) is 0 Å². The molecule has 0 atom stereocenters. The first-order valence-corrected chi connectivity index (χ1v) is 5.69. The number of ether oxygens (including phenoxy) is 2. The van der Waals surface area contributed by atoms with Crippen LogP contribution in [0.3, 0.4) is 0 Å². The Balaban J connectivity index is 2.78. The number of nitrogens with one attached hydrogen (secondary N) is 1. The van der Waals surface area contributed by atoms with E-state index in [9.17, 15) is 0 Å². The Morgan fingerprint density at radius 2 is 1.79 bits per heavy atom. The molecule has 86 valence electrons. The second kappa shape index (κ2) is 12.9. The summed E-state index contributed by atoms with van der Waals surface area (Å²) in [5, 5.41) is 3.35. The molecule has 0 aliphatic rings. The zero-order valence-corrected chi connectivity index (χ0v) is 9.68. The van der Waals surface area contributed by atoms with Gasteiger partial charge in [0, 0.05) is 26.9 Å². The molecule has 0 saturated heterocycles.